The van der Waals surface area contributed by atoms with E-state index in [2.05, 4.69) is 52.8 Å². The fourth-order valence-electron chi connectivity index (χ4n) is 2.79. The first-order valence-corrected chi connectivity index (χ1v) is 8.53. The highest BCUT2D eigenvalue weighted by molar-refractivity contribution is 5.09. The van der Waals surface area contributed by atoms with Crippen molar-refractivity contribution in [1.29, 1.82) is 0 Å². The maximum absolute atomic E-state index is 11.0. The van der Waals surface area contributed by atoms with Gasteiger partial charge in [0, 0.05) is 0 Å². The zero-order valence-electron chi connectivity index (χ0n) is 14.7. The minimum absolute atomic E-state index is 0.296. The van der Waals surface area contributed by atoms with Crippen molar-refractivity contribution >= 4 is 0 Å². The van der Waals surface area contributed by atoms with E-state index >= 15 is 0 Å². The van der Waals surface area contributed by atoms with Crippen LogP contribution in [0.25, 0.3) is 0 Å². The molecule has 0 amide bonds. The summed E-state index contributed by atoms with van der Waals surface area (Å²) in [5, 5.41) is 11.0. The Bertz CT molecular complexity index is 412. The summed E-state index contributed by atoms with van der Waals surface area (Å²) in [5.41, 5.74) is 3.76. The van der Waals surface area contributed by atoms with E-state index in [4.69, 9.17) is 0 Å². The van der Waals surface area contributed by atoms with Crippen molar-refractivity contribution in [2.24, 2.45) is 5.92 Å². The third-order valence-corrected chi connectivity index (χ3v) is 4.89. The molecule has 0 spiro atoms. The molecule has 1 atom stereocenters. The Morgan fingerprint density at radius 2 is 1.33 bits per heavy atom. The van der Waals surface area contributed by atoms with Crippen LogP contribution in [0.1, 0.15) is 79.6 Å². The van der Waals surface area contributed by atoms with Crippen molar-refractivity contribution < 1.29 is 5.11 Å². The Morgan fingerprint density at radius 1 is 0.857 bits per heavy atom. The van der Waals surface area contributed by atoms with Gasteiger partial charge in [0.15, 0.2) is 0 Å². The van der Waals surface area contributed by atoms with E-state index < -0.39 is 5.60 Å². The first kappa shape index (κ1) is 18.2. The maximum Gasteiger partial charge on any atom is 0.0707 e. The summed E-state index contributed by atoms with van der Waals surface area (Å²) in [6, 6.07) is 0. The van der Waals surface area contributed by atoms with E-state index in [1.165, 1.54) is 16.7 Å². The van der Waals surface area contributed by atoms with Crippen LogP contribution < -0.4 is 0 Å². The van der Waals surface area contributed by atoms with Gasteiger partial charge in [-0.25, -0.2) is 0 Å². The van der Waals surface area contributed by atoms with E-state index in [1.807, 2.05) is 0 Å². The Hall–Kier alpha value is -0.820. The van der Waals surface area contributed by atoms with Crippen molar-refractivity contribution in [3.63, 3.8) is 0 Å². The largest absolute Gasteiger partial charge is 0.389 e. The molecule has 0 aromatic rings. The van der Waals surface area contributed by atoms with E-state index in [9.17, 15) is 5.11 Å². The van der Waals surface area contributed by atoms with Crippen LogP contribution in [0.3, 0.4) is 0 Å². The molecule has 120 valence electrons. The van der Waals surface area contributed by atoms with Gasteiger partial charge in [-0.2, -0.15) is 0 Å². The lowest BCUT2D eigenvalue weighted by Gasteiger charge is -2.32. The van der Waals surface area contributed by atoms with Crippen LogP contribution in [0.4, 0.5) is 0 Å². The first-order valence-electron chi connectivity index (χ1n) is 8.53. The summed E-state index contributed by atoms with van der Waals surface area (Å²) in [7, 11) is 0. The summed E-state index contributed by atoms with van der Waals surface area (Å²) >= 11 is 0. The lowest BCUT2D eigenvalue weighted by atomic mass is 9.81. The van der Waals surface area contributed by atoms with Gasteiger partial charge in [0.05, 0.1) is 5.60 Å². The average molecular weight is 290 g/mol. The highest BCUT2D eigenvalue weighted by Gasteiger charge is 2.29. The summed E-state index contributed by atoms with van der Waals surface area (Å²) in [6.45, 7) is 10.9. The molecule has 0 aromatic carbocycles. The maximum atomic E-state index is 11.0. The molecule has 1 rings (SSSR count). The Kier molecular flexibility index (Phi) is 7.45. The van der Waals surface area contributed by atoms with Crippen molar-refractivity contribution in [2.75, 3.05) is 0 Å². The molecular formula is C20H34O. The van der Waals surface area contributed by atoms with Crippen molar-refractivity contribution in [1.82, 2.24) is 0 Å². The number of rotatable bonds is 1. The monoisotopic (exact) mass is 290 g/mol. The molecular weight excluding hydrogens is 256 g/mol. The van der Waals surface area contributed by atoms with Crippen molar-refractivity contribution in [3.8, 4) is 0 Å². The van der Waals surface area contributed by atoms with E-state index in [0.717, 1.165) is 44.9 Å². The molecule has 0 aromatic heterocycles. The molecule has 0 fully saturated rings. The van der Waals surface area contributed by atoms with Gasteiger partial charge >= 0.3 is 0 Å². The summed E-state index contributed by atoms with van der Waals surface area (Å²) < 4.78 is 0. The van der Waals surface area contributed by atoms with E-state index in [-0.39, 0.29) is 0 Å². The molecule has 0 aliphatic heterocycles. The Morgan fingerprint density at radius 3 is 1.86 bits per heavy atom. The fraction of sp³-hybridized carbons (Fsp3) is 0.700. The average Bonchev–Trinajstić information content (AvgIpc) is 2.42. The molecule has 1 aliphatic rings. The van der Waals surface area contributed by atoms with Gasteiger partial charge in [-0.3, -0.25) is 0 Å². The van der Waals surface area contributed by atoms with Crippen molar-refractivity contribution in [3.05, 3.63) is 34.9 Å². The first-order chi connectivity index (χ1) is 9.83. The minimum Gasteiger partial charge on any atom is -0.389 e. The van der Waals surface area contributed by atoms with Gasteiger partial charge in [-0.15, -0.1) is 0 Å². The van der Waals surface area contributed by atoms with Gasteiger partial charge in [0.1, 0.15) is 0 Å². The summed E-state index contributed by atoms with van der Waals surface area (Å²) in [5.74, 6) is 0.296. The van der Waals surface area contributed by atoms with Gasteiger partial charge in [-0.1, -0.05) is 48.8 Å². The van der Waals surface area contributed by atoms with Gasteiger partial charge < -0.3 is 5.11 Å². The third kappa shape index (κ3) is 6.65. The molecule has 0 heterocycles. The third-order valence-electron chi connectivity index (χ3n) is 4.89. The zero-order chi connectivity index (χ0) is 15.9. The second kappa shape index (κ2) is 8.58. The Balaban J connectivity index is 2.88. The SMILES string of the molecule is C/C1=C/C[C@](O)(C(C)C)CC/C(C)=C\CC/C(C)=C/CC1. The van der Waals surface area contributed by atoms with Crippen LogP contribution in [-0.2, 0) is 0 Å². The molecule has 1 N–H and O–H groups in total. The normalized spacial score (nSPS) is 34.1. The number of aliphatic hydroxyl groups is 1. The molecule has 0 unspecified atom stereocenters. The molecule has 1 nitrogen and oxygen atoms in total. The predicted octanol–water partition coefficient (Wildman–Crippen LogP) is 5.96. The topological polar surface area (TPSA) is 20.2 Å². The predicted molar refractivity (Wildman–Crippen MR) is 93.4 cm³/mol. The number of hydrogen-bond donors (Lipinski definition) is 1. The van der Waals surface area contributed by atoms with Crippen LogP contribution in [0.15, 0.2) is 34.9 Å². The molecule has 0 saturated carbocycles. The molecule has 0 saturated heterocycles. The lowest BCUT2D eigenvalue weighted by molar-refractivity contribution is -0.0101. The van der Waals surface area contributed by atoms with Crippen LogP contribution in [0, 0.1) is 5.92 Å². The van der Waals surface area contributed by atoms with Crippen LogP contribution in [-0.4, -0.2) is 10.7 Å². The molecule has 21 heavy (non-hydrogen) atoms. The molecule has 0 radical (unpaired) electrons. The fourth-order valence-corrected chi connectivity index (χ4v) is 2.79. The lowest BCUT2D eigenvalue weighted by Crippen LogP contribution is -2.34. The zero-order valence-corrected chi connectivity index (χ0v) is 14.7. The van der Waals surface area contributed by atoms with Crippen LogP contribution in [0.2, 0.25) is 0 Å². The second-order valence-electron chi connectivity index (χ2n) is 7.19. The quantitative estimate of drug-likeness (QED) is 0.591. The van der Waals surface area contributed by atoms with E-state index in [1.54, 1.807) is 0 Å². The van der Waals surface area contributed by atoms with Gasteiger partial charge in [-0.05, 0) is 71.6 Å². The Labute approximate surface area is 131 Å². The smallest absolute Gasteiger partial charge is 0.0707 e. The molecule has 1 heteroatoms. The highest BCUT2D eigenvalue weighted by atomic mass is 16.3. The van der Waals surface area contributed by atoms with Crippen LogP contribution >= 0.6 is 0 Å². The highest BCUT2D eigenvalue weighted by Crippen LogP contribution is 2.30. The standard InChI is InChI=1S/C20H34O/c1-16(2)20(21)14-12-18(4)10-6-8-17(3)9-7-11-19(5)13-15-20/h8,11-12,16,21H,6-7,9-10,13-15H2,1-5H3/b17-8+,18-12-,19-11-/t20-/m1/s1. The summed E-state index contributed by atoms with van der Waals surface area (Å²) in [4.78, 5) is 0. The van der Waals surface area contributed by atoms with E-state index in [0.29, 0.717) is 5.92 Å². The summed E-state index contributed by atoms with van der Waals surface area (Å²) in [6.07, 6.45) is 14.2. The minimum atomic E-state index is -0.563. The van der Waals surface area contributed by atoms with Crippen molar-refractivity contribution in [2.45, 2.75) is 85.2 Å². The number of hydrogen-bond acceptors (Lipinski definition) is 1. The molecule has 0 bridgehead atoms. The molecule has 1 aliphatic carbocycles. The van der Waals surface area contributed by atoms with Gasteiger partial charge in [0.2, 0.25) is 0 Å². The van der Waals surface area contributed by atoms with Crippen LogP contribution in [0.5, 0.6) is 0 Å². The second-order valence-corrected chi connectivity index (χ2v) is 7.19. The number of allylic oxidation sites excluding steroid dienone is 5. The van der Waals surface area contributed by atoms with Gasteiger partial charge in [0.25, 0.3) is 0 Å².